The van der Waals surface area contributed by atoms with E-state index in [0.717, 1.165) is 15.8 Å². The summed E-state index contributed by atoms with van der Waals surface area (Å²) in [5.74, 6) is 0.314. The highest BCUT2D eigenvalue weighted by molar-refractivity contribution is 8.00. The van der Waals surface area contributed by atoms with E-state index in [2.05, 4.69) is 0 Å². The van der Waals surface area contributed by atoms with Crippen molar-refractivity contribution in [3.63, 3.8) is 0 Å². The van der Waals surface area contributed by atoms with Crippen molar-refractivity contribution in [2.75, 3.05) is 12.0 Å². The molecule has 0 saturated carbocycles. The molecule has 2 rings (SSSR count). The van der Waals surface area contributed by atoms with Gasteiger partial charge >= 0.3 is 0 Å². The lowest BCUT2D eigenvalue weighted by Gasteiger charge is -1.96. The van der Waals surface area contributed by atoms with E-state index in [4.69, 9.17) is 5.73 Å². The molecule has 0 amide bonds. The molecule has 0 spiro atoms. The molecule has 1 aromatic carbocycles. The summed E-state index contributed by atoms with van der Waals surface area (Å²) in [5, 5.41) is 10.5. The van der Waals surface area contributed by atoms with Crippen molar-refractivity contribution in [3.8, 4) is 5.75 Å². The number of benzene rings is 1. The van der Waals surface area contributed by atoms with E-state index >= 15 is 0 Å². The molecule has 0 fully saturated rings. The van der Waals surface area contributed by atoms with Crippen LogP contribution < -0.4 is 5.73 Å². The summed E-state index contributed by atoms with van der Waals surface area (Å²) in [6.45, 7) is 0. The van der Waals surface area contributed by atoms with Crippen LogP contribution in [0.15, 0.2) is 22.4 Å². The van der Waals surface area contributed by atoms with E-state index in [-0.39, 0.29) is 0 Å². The van der Waals surface area contributed by atoms with E-state index in [1.807, 2.05) is 12.3 Å². The van der Waals surface area contributed by atoms with Crippen molar-refractivity contribution in [1.29, 1.82) is 0 Å². The Labute approximate surface area is 84.4 Å². The van der Waals surface area contributed by atoms with Gasteiger partial charge in [-0.1, -0.05) is 0 Å². The fraction of sp³-hybridized carbons (Fsp3) is 0.111. The maximum atomic E-state index is 9.55. The highest BCUT2D eigenvalue weighted by Crippen LogP contribution is 2.39. The highest BCUT2D eigenvalue weighted by Gasteiger charge is 2.07. The van der Waals surface area contributed by atoms with Crippen LogP contribution in [-0.4, -0.2) is 11.4 Å². The first-order chi connectivity index (χ1) is 6.22. The molecule has 13 heavy (non-hydrogen) atoms. The number of rotatable bonds is 1. The van der Waals surface area contributed by atoms with Crippen molar-refractivity contribution >= 4 is 38.9 Å². The fourth-order valence-corrected chi connectivity index (χ4v) is 2.86. The maximum absolute atomic E-state index is 9.55. The van der Waals surface area contributed by atoms with Gasteiger partial charge in [-0.15, -0.1) is 23.1 Å². The molecule has 0 saturated heterocycles. The summed E-state index contributed by atoms with van der Waals surface area (Å²) >= 11 is 3.23. The summed E-state index contributed by atoms with van der Waals surface area (Å²) in [4.78, 5) is 0. The average Bonchev–Trinajstić information content (AvgIpc) is 2.56. The first-order valence-corrected chi connectivity index (χ1v) is 5.81. The van der Waals surface area contributed by atoms with Gasteiger partial charge in [0.15, 0.2) is 0 Å². The van der Waals surface area contributed by atoms with Crippen molar-refractivity contribution < 1.29 is 5.11 Å². The van der Waals surface area contributed by atoms with Gasteiger partial charge in [0.2, 0.25) is 0 Å². The Kier molecular flexibility index (Phi) is 2.09. The number of anilines is 1. The summed E-state index contributed by atoms with van der Waals surface area (Å²) in [7, 11) is 0. The number of nitrogen functional groups attached to an aromatic ring is 1. The second kappa shape index (κ2) is 3.12. The van der Waals surface area contributed by atoms with Gasteiger partial charge in [-0.25, -0.2) is 0 Å². The molecule has 2 nitrogen and oxygen atoms in total. The van der Waals surface area contributed by atoms with Gasteiger partial charge in [-0.3, -0.25) is 0 Å². The van der Waals surface area contributed by atoms with Crippen LogP contribution in [0, 0.1) is 0 Å². The van der Waals surface area contributed by atoms with E-state index in [1.54, 1.807) is 35.2 Å². The molecule has 0 bridgehead atoms. The number of hydrogen-bond donors (Lipinski definition) is 2. The molecular formula is C9H9NOS2. The van der Waals surface area contributed by atoms with Gasteiger partial charge < -0.3 is 10.8 Å². The minimum Gasteiger partial charge on any atom is -0.506 e. The largest absolute Gasteiger partial charge is 0.506 e. The smallest absolute Gasteiger partial charge is 0.133 e. The number of aromatic hydroxyl groups is 1. The number of thioether (sulfide) groups is 1. The van der Waals surface area contributed by atoms with E-state index in [9.17, 15) is 5.11 Å². The van der Waals surface area contributed by atoms with Crippen molar-refractivity contribution in [1.82, 2.24) is 0 Å². The molecule has 0 aliphatic heterocycles. The Bertz CT molecular complexity index is 411. The molecule has 3 N–H and O–H groups in total. The molecule has 0 aliphatic rings. The van der Waals surface area contributed by atoms with Gasteiger partial charge in [0.1, 0.15) is 5.75 Å². The standard InChI is InChI=1S/C9H9NOS2/c1-12-8-4-5-6(10)2-3-7(11)9(5)13-8/h2-4,11H,10H2,1H3. The molecule has 0 atom stereocenters. The Balaban J connectivity index is 2.80. The Morgan fingerprint density at radius 1 is 1.46 bits per heavy atom. The zero-order chi connectivity index (χ0) is 9.42. The normalized spacial score (nSPS) is 10.8. The van der Waals surface area contributed by atoms with Crippen molar-refractivity contribution in [3.05, 3.63) is 18.2 Å². The van der Waals surface area contributed by atoms with Crippen LogP contribution in [0.3, 0.4) is 0 Å². The summed E-state index contributed by atoms with van der Waals surface area (Å²) < 4.78 is 2.05. The third kappa shape index (κ3) is 1.36. The first kappa shape index (κ1) is 8.72. The monoisotopic (exact) mass is 211 g/mol. The quantitative estimate of drug-likeness (QED) is 0.433. The lowest BCUT2D eigenvalue weighted by molar-refractivity contribution is 0.482. The van der Waals surface area contributed by atoms with Crippen LogP contribution in [0.5, 0.6) is 5.75 Å². The number of phenols is 1. The predicted molar refractivity (Wildman–Crippen MR) is 59.7 cm³/mol. The van der Waals surface area contributed by atoms with Crippen LogP contribution in [0.2, 0.25) is 0 Å². The number of phenolic OH excluding ortho intramolecular Hbond substituents is 1. The molecule has 1 aromatic heterocycles. The fourth-order valence-electron chi connectivity index (χ4n) is 1.21. The molecular weight excluding hydrogens is 202 g/mol. The third-order valence-corrected chi connectivity index (χ3v) is 4.10. The minimum absolute atomic E-state index is 0.314. The third-order valence-electron chi connectivity index (χ3n) is 1.88. The molecule has 2 aromatic rings. The number of hydrogen-bond acceptors (Lipinski definition) is 4. The van der Waals surface area contributed by atoms with Crippen LogP contribution in [0.25, 0.3) is 10.1 Å². The summed E-state index contributed by atoms with van der Waals surface area (Å²) in [6.07, 6.45) is 2.01. The van der Waals surface area contributed by atoms with Gasteiger partial charge in [-0.2, -0.15) is 0 Å². The average molecular weight is 211 g/mol. The SMILES string of the molecule is CSc1cc2c(N)ccc(O)c2s1. The predicted octanol–water partition coefficient (Wildman–Crippen LogP) is 2.91. The lowest BCUT2D eigenvalue weighted by atomic mass is 10.2. The Morgan fingerprint density at radius 2 is 2.23 bits per heavy atom. The van der Waals surface area contributed by atoms with Crippen LogP contribution >= 0.6 is 23.1 Å². The molecule has 0 aliphatic carbocycles. The van der Waals surface area contributed by atoms with E-state index in [1.165, 1.54) is 4.21 Å². The van der Waals surface area contributed by atoms with Crippen LogP contribution in [0.1, 0.15) is 0 Å². The summed E-state index contributed by atoms with van der Waals surface area (Å²) in [6, 6.07) is 5.38. The second-order valence-electron chi connectivity index (χ2n) is 2.69. The Morgan fingerprint density at radius 3 is 2.85 bits per heavy atom. The van der Waals surface area contributed by atoms with E-state index in [0.29, 0.717) is 5.75 Å². The van der Waals surface area contributed by atoms with Gasteiger partial charge in [0.05, 0.1) is 8.91 Å². The lowest BCUT2D eigenvalue weighted by Crippen LogP contribution is -1.83. The van der Waals surface area contributed by atoms with Crippen molar-refractivity contribution in [2.45, 2.75) is 4.21 Å². The maximum Gasteiger partial charge on any atom is 0.133 e. The molecule has 0 unspecified atom stereocenters. The van der Waals surface area contributed by atoms with Crippen LogP contribution in [0.4, 0.5) is 5.69 Å². The molecule has 4 heteroatoms. The van der Waals surface area contributed by atoms with Crippen LogP contribution in [-0.2, 0) is 0 Å². The molecule has 1 heterocycles. The van der Waals surface area contributed by atoms with Gasteiger partial charge in [-0.05, 0) is 24.5 Å². The number of fused-ring (bicyclic) bond motifs is 1. The van der Waals surface area contributed by atoms with Gasteiger partial charge in [0.25, 0.3) is 0 Å². The van der Waals surface area contributed by atoms with E-state index < -0.39 is 0 Å². The second-order valence-corrected chi connectivity index (χ2v) is 4.84. The summed E-state index contributed by atoms with van der Waals surface area (Å²) in [5.41, 5.74) is 6.51. The minimum atomic E-state index is 0.314. The number of thiophene rings is 1. The number of nitrogens with two attached hydrogens (primary N) is 1. The molecule has 68 valence electrons. The topological polar surface area (TPSA) is 46.2 Å². The van der Waals surface area contributed by atoms with Crippen molar-refractivity contribution in [2.24, 2.45) is 0 Å². The first-order valence-electron chi connectivity index (χ1n) is 3.77. The zero-order valence-electron chi connectivity index (χ0n) is 7.07. The van der Waals surface area contributed by atoms with Gasteiger partial charge in [0, 0.05) is 11.1 Å². The highest BCUT2D eigenvalue weighted by atomic mass is 32.2. The zero-order valence-corrected chi connectivity index (χ0v) is 8.71. The Hall–Kier alpha value is -0.870. The molecule has 0 radical (unpaired) electrons.